The minimum Gasteiger partial charge on any atom is -0.482 e. The molecule has 1 aromatic heterocycles. The van der Waals surface area contributed by atoms with Gasteiger partial charge in [-0.15, -0.1) is 10.2 Å². The number of nitrogens with two attached hydrogens (primary N) is 1. The molecule has 0 radical (unpaired) electrons. The van der Waals surface area contributed by atoms with Crippen LogP contribution in [0, 0.1) is 5.82 Å². The van der Waals surface area contributed by atoms with Gasteiger partial charge in [-0.2, -0.15) is 0 Å². The van der Waals surface area contributed by atoms with Gasteiger partial charge >= 0.3 is 0 Å². The van der Waals surface area contributed by atoms with E-state index in [2.05, 4.69) is 10.2 Å². The molecule has 0 bridgehead atoms. The number of hydrogen-bond donors (Lipinski definition) is 1. The number of para-hydroxylation sites is 1. The van der Waals surface area contributed by atoms with E-state index in [-0.39, 0.29) is 23.5 Å². The maximum Gasteiger partial charge on any atom is 0.236 e. The summed E-state index contributed by atoms with van der Waals surface area (Å²) in [6, 6.07) is 6.08. The van der Waals surface area contributed by atoms with Crippen molar-refractivity contribution < 1.29 is 18.7 Å². The number of hydrogen-bond acceptors (Lipinski definition) is 7. The minimum atomic E-state index is -0.463. The van der Waals surface area contributed by atoms with Crippen molar-refractivity contribution in [2.45, 2.75) is 23.9 Å². The Hall–Kier alpha value is -2.33. The van der Waals surface area contributed by atoms with Gasteiger partial charge < -0.3 is 20.2 Å². The molecule has 26 heavy (non-hydrogen) atoms. The van der Waals surface area contributed by atoms with Crippen LogP contribution >= 0.6 is 11.8 Å². The molecule has 140 valence electrons. The smallest absolute Gasteiger partial charge is 0.236 e. The van der Waals surface area contributed by atoms with Crippen LogP contribution in [-0.4, -0.2) is 57.2 Å². The normalized spacial score (nSPS) is 15.7. The van der Waals surface area contributed by atoms with Crippen molar-refractivity contribution in [3.05, 3.63) is 35.9 Å². The number of halogens is 1. The van der Waals surface area contributed by atoms with E-state index in [1.54, 1.807) is 24.0 Å². The predicted molar refractivity (Wildman–Crippen MR) is 93.6 cm³/mol. The summed E-state index contributed by atoms with van der Waals surface area (Å²) in [7, 11) is 0. The molecule has 1 amide bonds. The molecule has 1 unspecified atom stereocenters. The van der Waals surface area contributed by atoms with E-state index in [0.717, 1.165) is 0 Å². The van der Waals surface area contributed by atoms with E-state index in [4.69, 9.17) is 15.3 Å². The number of carbonyl (C=O) groups excluding carboxylic acids is 1. The zero-order valence-electron chi connectivity index (χ0n) is 14.3. The molecular weight excluding hydrogens is 361 g/mol. The van der Waals surface area contributed by atoms with Gasteiger partial charge in [-0.05, 0) is 19.1 Å². The Morgan fingerprint density at radius 1 is 1.38 bits per heavy atom. The summed E-state index contributed by atoms with van der Waals surface area (Å²) < 4.78 is 25.5. The largest absolute Gasteiger partial charge is 0.482 e. The molecule has 0 aliphatic carbocycles. The highest BCUT2D eigenvalue weighted by molar-refractivity contribution is 8.00. The average molecular weight is 381 g/mol. The fourth-order valence-electron chi connectivity index (χ4n) is 2.44. The summed E-state index contributed by atoms with van der Waals surface area (Å²) in [6.45, 7) is 4.03. The second kappa shape index (κ2) is 8.37. The summed E-state index contributed by atoms with van der Waals surface area (Å²) in [6.07, 6.45) is 0. The van der Waals surface area contributed by atoms with E-state index < -0.39 is 5.82 Å². The van der Waals surface area contributed by atoms with Crippen LogP contribution in [0.1, 0.15) is 12.7 Å². The summed E-state index contributed by atoms with van der Waals surface area (Å²) in [4.78, 5) is 14.2. The number of rotatable bonds is 6. The molecule has 0 saturated carbocycles. The lowest BCUT2D eigenvalue weighted by molar-refractivity contribution is -0.134. The van der Waals surface area contributed by atoms with Crippen molar-refractivity contribution in [3.63, 3.8) is 0 Å². The third-order valence-electron chi connectivity index (χ3n) is 3.88. The van der Waals surface area contributed by atoms with Gasteiger partial charge in [0.25, 0.3) is 0 Å². The Balaban J connectivity index is 1.59. The molecule has 1 saturated heterocycles. The SMILES string of the molecule is CC(Sc1nnc(COc2ccccc2F)n1N)C(=O)N1CCOCC1. The predicted octanol–water partition coefficient (Wildman–Crippen LogP) is 1.05. The first-order valence-corrected chi connectivity index (χ1v) is 9.04. The van der Waals surface area contributed by atoms with Gasteiger partial charge in [0, 0.05) is 13.1 Å². The fraction of sp³-hybridized carbons (Fsp3) is 0.438. The standard InChI is InChI=1S/C16H20FN5O3S/c1-11(15(23)21-6-8-24-9-7-21)26-16-20-19-14(22(16)18)10-25-13-5-3-2-4-12(13)17/h2-5,11H,6-10,18H2,1H3. The summed E-state index contributed by atoms with van der Waals surface area (Å²) in [5.74, 6) is 5.97. The van der Waals surface area contributed by atoms with Gasteiger partial charge in [-0.1, -0.05) is 23.9 Å². The molecule has 2 N–H and O–H groups in total. The lowest BCUT2D eigenvalue weighted by Gasteiger charge is -2.28. The van der Waals surface area contributed by atoms with Gasteiger partial charge in [0.15, 0.2) is 17.4 Å². The third kappa shape index (κ3) is 4.25. The van der Waals surface area contributed by atoms with Crippen molar-refractivity contribution >= 4 is 17.7 Å². The van der Waals surface area contributed by atoms with E-state index in [1.807, 2.05) is 0 Å². The lowest BCUT2D eigenvalue weighted by Crippen LogP contribution is -2.44. The molecule has 2 aromatic rings. The van der Waals surface area contributed by atoms with Crippen LogP contribution < -0.4 is 10.6 Å². The number of morpholine rings is 1. The molecule has 8 nitrogen and oxygen atoms in total. The highest BCUT2D eigenvalue weighted by Gasteiger charge is 2.25. The van der Waals surface area contributed by atoms with Crippen LogP contribution in [0.4, 0.5) is 4.39 Å². The Bertz CT molecular complexity index is 766. The van der Waals surface area contributed by atoms with Crippen LogP contribution in [0.25, 0.3) is 0 Å². The van der Waals surface area contributed by atoms with E-state index in [0.29, 0.717) is 37.3 Å². The maximum atomic E-state index is 13.6. The van der Waals surface area contributed by atoms with E-state index in [1.165, 1.54) is 28.6 Å². The van der Waals surface area contributed by atoms with Crippen LogP contribution in [-0.2, 0) is 16.1 Å². The van der Waals surface area contributed by atoms with Crippen LogP contribution in [0.15, 0.2) is 29.4 Å². The molecule has 1 fully saturated rings. The summed E-state index contributed by atoms with van der Waals surface area (Å²) in [5.41, 5.74) is 0. The van der Waals surface area contributed by atoms with Crippen molar-refractivity contribution in [2.75, 3.05) is 32.1 Å². The highest BCUT2D eigenvalue weighted by Crippen LogP contribution is 2.23. The van der Waals surface area contributed by atoms with Gasteiger partial charge in [-0.25, -0.2) is 9.07 Å². The van der Waals surface area contributed by atoms with Crippen molar-refractivity contribution in [3.8, 4) is 5.75 Å². The van der Waals surface area contributed by atoms with Crippen LogP contribution in [0.2, 0.25) is 0 Å². The summed E-state index contributed by atoms with van der Waals surface area (Å²) in [5, 5.41) is 7.99. The number of ether oxygens (including phenoxy) is 2. The molecule has 1 aliphatic rings. The number of benzene rings is 1. The van der Waals surface area contributed by atoms with Crippen molar-refractivity contribution in [2.24, 2.45) is 0 Å². The number of nitrogens with zero attached hydrogens (tertiary/aromatic N) is 4. The Morgan fingerprint density at radius 3 is 2.85 bits per heavy atom. The number of thioether (sulfide) groups is 1. The molecule has 0 spiro atoms. The fourth-order valence-corrected chi connectivity index (χ4v) is 3.31. The molecule has 2 heterocycles. The van der Waals surface area contributed by atoms with E-state index >= 15 is 0 Å². The Morgan fingerprint density at radius 2 is 2.12 bits per heavy atom. The Kier molecular flexibility index (Phi) is 5.94. The minimum absolute atomic E-state index is 0.00505. The number of aromatic nitrogens is 3. The molecule has 1 atom stereocenters. The quantitative estimate of drug-likeness (QED) is 0.590. The molecule has 3 rings (SSSR count). The molecular formula is C16H20FN5O3S. The summed E-state index contributed by atoms with van der Waals surface area (Å²) >= 11 is 1.22. The third-order valence-corrected chi connectivity index (χ3v) is 4.93. The van der Waals surface area contributed by atoms with Crippen LogP contribution in [0.3, 0.4) is 0 Å². The van der Waals surface area contributed by atoms with Crippen molar-refractivity contribution in [1.29, 1.82) is 0 Å². The second-order valence-corrected chi connectivity index (χ2v) is 6.99. The molecule has 1 aromatic carbocycles. The van der Waals surface area contributed by atoms with Gasteiger partial charge in [0.05, 0.1) is 18.5 Å². The highest BCUT2D eigenvalue weighted by atomic mass is 32.2. The van der Waals surface area contributed by atoms with Gasteiger partial charge in [0.1, 0.15) is 6.61 Å². The van der Waals surface area contributed by atoms with Gasteiger partial charge in [-0.3, -0.25) is 4.79 Å². The monoisotopic (exact) mass is 381 g/mol. The van der Waals surface area contributed by atoms with Crippen LogP contribution in [0.5, 0.6) is 5.75 Å². The second-order valence-electron chi connectivity index (χ2n) is 5.69. The average Bonchev–Trinajstić information content (AvgIpc) is 3.01. The zero-order valence-corrected chi connectivity index (χ0v) is 15.1. The Labute approximate surface area is 154 Å². The first-order valence-electron chi connectivity index (χ1n) is 8.16. The number of amides is 1. The topological polar surface area (TPSA) is 95.5 Å². The first-order chi connectivity index (χ1) is 12.6. The number of carbonyl (C=O) groups is 1. The zero-order chi connectivity index (χ0) is 18.5. The molecule has 1 aliphatic heterocycles. The number of nitrogen functional groups attached to an aromatic ring is 1. The first kappa shape index (κ1) is 18.5. The molecule has 10 heteroatoms. The van der Waals surface area contributed by atoms with Gasteiger partial charge in [0.2, 0.25) is 11.1 Å². The van der Waals surface area contributed by atoms with E-state index in [9.17, 15) is 9.18 Å². The maximum absolute atomic E-state index is 13.6. The lowest BCUT2D eigenvalue weighted by atomic mass is 10.3. The van der Waals surface area contributed by atoms with Crippen molar-refractivity contribution in [1.82, 2.24) is 19.8 Å².